The molecule has 0 saturated carbocycles. The Morgan fingerprint density at radius 2 is 1.52 bits per heavy atom. The standard InChI is InChI=1S/C14H17FN6.C2H6/c1-10-5-16-13(17-6-10)20-3-4-21(11(2)9-20)14-18-7-12(15)8-19-14;1-2/h5-8,11H,3-4,9H2,1-2H3;1-2H3/t11-;/m0./s1. The third-order valence-corrected chi connectivity index (χ3v) is 3.54. The van der Waals surface area contributed by atoms with Gasteiger partial charge in [0.05, 0.1) is 12.4 Å². The van der Waals surface area contributed by atoms with Crippen LogP contribution < -0.4 is 9.80 Å². The van der Waals surface area contributed by atoms with Gasteiger partial charge in [-0.25, -0.2) is 24.3 Å². The second kappa shape index (κ2) is 7.80. The predicted octanol–water partition coefficient (Wildman–Crippen LogP) is 2.46. The van der Waals surface area contributed by atoms with E-state index in [-0.39, 0.29) is 6.04 Å². The summed E-state index contributed by atoms with van der Waals surface area (Å²) < 4.78 is 12.9. The molecule has 1 saturated heterocycles. The molecule has 0 amide bonds. The zero-order valence-electron chi connectivity index (χ0n) is 14.1. The van der Waals surface area contributed by atoms with E-state index >= 15 is 0 Å². The van der Waals surface area contributed by atoms with E-state index in [0.29, 0.717) is 5.95 Å². The van der Waals surface area contributed by atoms with Gasteiger partial charge in [0, 0.05) is 38.1 Å². The van der Waals surface area contributed by atoms with Crippen LogP contribution in [0.4, 0.5) is 16.3 Å². The Kier molecular flexibility index (Phi) is 5.78. The summed E-state index contributed by atoms with van der Waals surface area (Å²) in [5.41, 5.74) is 1.05. The van der Waals surface area contributed by atoms with Crippen LogP contribution in [0.3, 0.4) is 0 Å². The van der Waals surface area contributed by atoms with Crippen LogP contribution in [0.5, 0.6) is 0 Å². The number of hydrogen-bond acceptors (Lipinski definition) is 6. The molecule has 1 fully saturated rings. The van der Waals surface area contributed by atoms with Gasteiger partial charge in [0.15, 0.2) is 5.82 Å². The molecular formula is C16H23FN6. The number of nitrogens with zero attached hydrogens (tertiary/aromatic N) is 6. The summed E-state index contributed by atoms with van der Waals surface area (Å²) in [5.74, 6) is 0.888. The summed E-state index contributed by atoms with van der Waals surface area (Å²) >= 11 is 0. The van der Waals surface area contributed by atoms with E-state index in [4.69, 9.17) is 0 Å². The SMILES string of the molecule is CC.Cc1cnc(N2CCN(c3ncc(F)cn3)[C@@H](C)C2)nc1. The molecule has 3 rings (SSSR count). The number of hydrogen-bond donors (Lipinski definition) is 0. The minimum absolute atomic E-state index is 0.203. The first-order valence-electron chi connectivity index (χ1n) is 7.91. The Labute approximate surface area is 136 Å². The topological polar surface area (TPSA) is 58.0 Å². The average Bonchev–Trinajstić information content (AvgIpc) is 2.58. The molecular weight excluding hydrogens is 295 g/mol. The molecule has 0 aromatic carbocycles. The summed E-state index contributed by atoms with van der Waals surface area (Å²) in [6, 6.07) is 0.203. The molecule has 0 spiro atoms. The van der Waals surface area contributed by atoms with Crippen LogP contribution >= 0.6 is 0 Å². The van der Waals surface area contributed by atoms with Gasteiger partial charge in [-0.05, 0) is 19.4 Å². The molecule has 3 heterocycles. The highest BCUT2D eigenvalue weighted by atomic mass is 19.1. The fourth-order valence-electron chi connectivity index (χ4n) is 2.44. The molecule has 2 aromatic heterocycles. The van der Waals surface area contributed by atoms with Crippen LogP contribution in [0, 0.1) is 12.7 Å². The number of aromatic nitrogens is 4. The minimum atomic E-state index is -0.418. The Morgan fingerprint density at radius 3 is 2.09 bits per heavy atom. The number of piperazine rings is 1. The van der Waals surface area contributed by atoms with Gasteiger partial charge >= 0.3 is 0 Å². The average molecular weight is 318 g/mol. The van der Waals surface area contributed by atoms with E-state index in [1.54, 1.807) is 0 Å². The van der Waals surface area contributed by atoms with Crippen molar-refractivity contribution in [1.82, 2.24) is 19.9 Å². The second-order valence-electron chi connectivity index (χ2n) is 5.25. The molecule has 0 bridgehead atoms. The highest BCUT2D eigenvalue weighted by Crippen LogP contribution is 2.18. The summed E-state index contributed by atoms with van der Waals surface area (Å²) in [6.07, 6.45) is 6.04. The van der Waals surface area contributed by atoms with Gasteiger partial charge in [0.25, 0.3) is 0 Å². The van der Waals surface area contributed by atoms with Gasteiger partial charge < -0.3 is 9.80 Å². The van der Waals surface area contributed by atoms with Crippen molar-refractivity contribution >= 4 is 11.9 Å². The van der Waals surface area contributed by atoms with Gasteiger partial charge in [-0.2, -0.15) is 0 Å². The number of rotatable bonds is 2. The molecule has 1 atom stereocenters. The Hall–Kier alpha value is -2.31. The zero-order chi connectivity index (χ0) is 16.8. The van der Waals surface area contributed by atoms with Gasteiger partial charge in [-0.15, -0.1) is 0 Å². The molecule has 0 N–H and O–H groups in total. The van der Waals surface area contributed by atoms with Gasteiger partial charge in [0.1, 0.15) is 0 Å². The lowest BCUT2D eigenvalue weighted by Gasteiger charge is -2.39. The fraction of sp³-hybridized carbons (Fsp3) is 0.500. The van der Waals surface area contributed by atoms with Gasteiger partial charge in [-0.3, -0.25) is 0 Å². The van der Waals surface area contributed by atoms with E-state index < -0.39 is 5.82 Å². The van der Waals surface area contributed by atoms with Crippen LogP contribution in [-0.4, -0.2) is 45.6 Å². The Bertz CT molecular complexity index is 601. The molecule has 124 valence electrons. The first-order chi connectivity index (χ1) is 11.1. The van der Waals surface area contributed by atoms with Crippen molar-refractivity contribution in [2.24, 2.45) is 0 Å². The molecule has 1 aliphatic heterocycles. The molecule has 1 aliphatic rings. The fourth-order valence-corrected chi connectivity index (χ4v) is 2.44. The third-order valence-electron chi connectivity index (χ3n) is 3.54. The van der Waals surface area contributed by atoms with E-state index in [9.17, 15) is 4.39 Å². The summed E-state index contributed by atoms with van der Waals surface area (Å²) in [7, 11) is 0. The molecule has 6 nitrogen and oxygen atoms in total. The first kappa shape index (κ1) is 17.1. The normalized spacial score (nSPS) is 17.5. The summed E-state index contributed by atoms with van der Waals surface area (Å²) in [4.78, 5) is 21.0. The van der Waals surface area contributed by atoms with E-state index in [0.717, 1.165) is 31.1 Å². The maximum atomic E-state index is 12.9. The van der Waals surface area contributed by atoms with E-state index in [1.807, 2.05) is 33.2 Å². The van der Waals surface area contributed by atoms with Crippen molar-refractivity contribution in [2.45, 2.75) is 33.7 Å². The van der Waals surface area contributed by atoms with E-state index in [1.165, 1.54) is 12.4 Å². The first-order valence-corrected chi connectivity index (χ1v) is 7.91. The molecule has 2 aromatic rings. The van der Waals surface area contributed by atoms with E-state index in [2.05, 4.69) is 36.7 Å². The largest absolute Gasteiger partial charge is 0.337 e. The van der Waals surface area contributed by atoms with Crippen LogP contribution in [0.2, 0.25) is 0 Å². The summed E-state index contributed by atoms with van der Waals surface area (Å²) in [6.45, 7) is 10.4. The van der Waals surface area contributed by atoms with Crippen LogP contribution in [0.1, 0.15) is 26.3 Å². The lowest BCUT2D eigenvalue weighted by atomic mass is 10.2. The highest BCUT2D eigenvalue weighted by Gasteiger charge is 2.26. The number of aryl methyl sites for hydroxylation is 1. The summed E-state index contributed by atoms with van der Waals surface area (Å²) in [5, 5.41) is 0. The van der Waals surface area contributed by atoms with Gasteiger partial charge in [-0.1, -0.05) is 13.8 Å². The maximum Gasteiger partial charge on any atom is 0.225 e. The quantitative estimate of drug-likeness (QED) is 0.848. The molecule has 0 unspecified atom stereocenters. The zero-order valence-corrected chi connectivity index (χ0v) is 14.1. The van der Waals surface area contributed by atoms with Crippen molar-refractivity contribution in [1.29, 1.82) is 0 Å². The van der Waals surface area contributed by atoms with Crippen molar-refractivity contribution in [2.75, 3.05) is 29.4 Å². The smallest absolute Gasteiger partial charge is 0.225 e. The van der Waals surface area contributed by atoms with Crippen molar-refractivity contribution < 1.29 is 4.39 Å². The second-order valence-corrected chi connectivity index (χ2v) is 5.25. The van der Waals surface area contributed by atoms with Gasteiger partial charge in [0.2, 0.25) is 11.9 Å². The lowest BCUT2D eigenvalue weighted by molar-refractivity contribution is 0.529. The van der Waals surface area contributed by atoms with Crippen molar-refractivity contribution in [3.05, 3.63) is 36.2 Å². The molecule has 0 aliphatic carbocycles. The van der Waals surface area contributed by atoms with Crippen LogP contribution in [0.15, 0.2) is 24.8 Å². The maximum absolute atomic E-state index is 12.9. The highest BCUT2D eigenvalue weighted by molar-refractivity contribution is 5.39. The monoisotopic (exact) mass is 318 g/mol. The van der Waals surface area contributed by atoms with Crippen LogP contribution in [-0.2, 0) is 0 Å². The molecule has 23 heavy (non-hydrogen) atoms. The molecule has 7 heteroatoms. The Balaban J connectivity index is 0.000000924. The number of halogens is 1. The predicted molar refractivity (Wildman–Crippen MR) is 89.1 cm³/mol. The van der Waals surface area contributed by atoms with Crippen LogP contribution in [0.25, 0.3) is 0 Å². The lowest BCUT2D eigenvalue weighted by Crippen LogP contribution is -2.53. The van der Waals surface area contributed by atoms with Crippen molar-refractivity contribution in [3.8, 4) is 0 Å². The molecule has 0 radical (unpaired) electrons. The van der Waals surface area contributed by atoms with Crippen molar-refractivity contribution in [3.63, 3.8) is 0 Å². The minimum Gasteiger partial charge on any atom is -0.337 e. The number of anilines is 2. The third kappa shape index (κ3) is 4.12. The Morgan fingerprint density at radius 1 is 0.957 bits per heavy atom.